The number of carbonyl (C=O) groups excluding carboxylic acids is 1. The fraction of sp³-hybridized carbons (Fsp3) is 0.421. The van der Waals surface area contributed by atoms with Gasteiger partial charge in [0.05, 0.1) is 9.80 Å². The number of thiophene rings is 1. The van der Waals surface area contributed by atoms with Crippen molar-refractivity contribution >= 4 is 28.6 Å². The molecule has 2 aromatic rings. The van der Waals surface area contributed by atoms with Crippen molar-refractivity contribution in [1.29, 1.82) is 0 Å². The maximum Gasteiger partial charge on any atom is 0.269 e. The minimum atomic E-state index is -0.393. The Morgan fingerprint density at radius 1 is 1.19 bits per heavy atom. The smallest absolute Gasteiger partial charge is 0.269 e. The average Bonchev–Trinajstić information content (AvgIpc) is 3.02. The molecule has 138 valence electrons. The van der Waals surface area contributed by atoms with Crippen LogP contribution in [0.2, 0.25) is 0 Å². The summed E-state index contributed by atoms with van der Waals surface area (Å²) in [7, 11) is 0. The van der Waals surface area contributed by atoms with Crippen LogP contribution in [0.3, 0.4) is 0 Å². The van der Waals surface area contributed by atoms with Crippen LogP contribution in [0.15, 0.2) is 30.3 Å². The van der Waals surface area contributed by atoms with Crippen molar-refractivity contribution in [3.05, 3.63) is 55.8 Å². The number of amides is 1. The molecule has 1 fully saturated rings. The number of anilines is 1. The van der Waals surface area contributed by atoms with Crippen LogP contribution in [0.1, 0.15) is 33.5 Å². The summed E-state index contributed by atoms with van der Waals surface area (Å²) in [6.45, 7) is 7.02. The Morgan fingerprint density at radius 2 is 1.85 bits per heavy atom. The molecule has 1 aliphatic rings. The molecule has 0 unspecified atom stereocenters. The van der Waals surface area contributed by atoms with Crippen LogP contribution in [0, 0.1) is 17.0 Å². The molecule has 0 saturated carbocycles. The normalized spacial score (nSPS) is 14.5. The fourth-order valence-electron chi connectivity index (χ4n) is 3.25. The second-order valence-corrected chi connectivity index (χ2v) is 7.75. The summed E-state index contributed by atoms with van der Waals surface area (Å²) in [5, 5.41) is 10.8. The number of hydrogen-bond donors (Lipinski definition) is 0. The first-order chi connectivity index (χ1) is 12.5. The van der Waals surface area contributed by atoms with Crippen molar-refractivity contribution in [2.45, 2.75) is 26.7 Å². The van der Waals surface area contributed by atoms with Gasteiger partial charge in [0.2, 0.25) is 0 Å². The van der Waals surface area contributed by atoms with Crippen LogP contribution in [0.4, 0.5) is 11.4 Å². The fourth-order valence-corrected chi connectivity index (χ4v) is 4.29. The number of nitro groups is 1. The molecule has 1 aromatic carbocycles. The third-order valence-corrected chi connectivity index (χ3v) is 5.82. The molecule has 6 nitrogen and oxygen atoms in total. The third-order valence-electron chi connectivity index (χ3n) is 4.74. The highest BCUT2D eigenvalue weighted by molar-refractivity contribution is 7.14. The van der Waals surface area contributed by atoms with Crippen molar-refractivity contribution < 1.29 is 9.72 Å². The average molecular weight is 373 g/mol. The molecular formula is C19H23N3O3S. The van der Waals surface area contributed by atoms with Gasteiger partial charge in [0.15, 0.2) is 0 Å². The van der Waals surface area contributed by atoms with E-state index < -0.39 is 4.92 Å². The van der Waals surface area contributed by atoms with Gasteiger partial charge >= 0.3 is 0 Å². The lowest BCUT2D eigenvalue weighted by molar-refractivity contribution is -0.384. The molecule has 0 bridgehead atoms. The van der Waals surface area contributed by atoms with Gasteiger partial charge in [0.25, 0.3) is 11.6 Å². The number of piperazine rings is 1. The van der Waals surface area contributed by atoms with E-state index in [1.807, 2.05) is 4.90 Å². The van der Waals surface area contributed by atoms with Crippen LogP contribution in [0.25, 0.3) is 0 Å². The van der Waals surface area contributed by atoms with Gasteiger partial charge in [-0.2, -0.15) is 0 Å². The lowest BCUT2D eigenvalue weighted by atomic mass is 10.1. The second-order valence-electron chi connectivity index (χ2n) is 6.49. The second kappa shape index (κ2) is 7.86. The molecule has 0 N–H and O–H groups in total. The van der Waals surface area contributed by atoms with Crippen LogP contribution in [-0.4, -0.2) is 41.9 Å². The predicted molar refractivity (Wildman–Crippen MR) is 104 cm³/mol. The molecule has 26 heavy (non-hydrogen) atoms. The van der Waals surface area contributed by atoms with Crippen molar-refractivity contribution in [2.75, 3.05) is 31.1 Å². The Kier molecular flexibility index (Phi) is 5.56. The highest BCUT2D eigenvalue weighted by atomic mass is 32.1. The molecule has 0 spiro atoms. The van der Waals surface area contributed by atoms with Gasteiger partial charge in [0, 0.05) is 48.9 Å². The zero-order chi connectivity index (χ0) is 18.7. The predicted octanol–water partition coefficient (Wildman–Crippen LogP) is 3.88. The van der Waals surface area contributed by atoms with Gasteiger partial charge in [0.1, 0.15) is 0 Å². The molecule has 3 rings (SSSR count). The molecule has 1 saturated heterocycles. The first-order valence-corrected chi connectivity index (χ1v) is 9.69. The van der Waals surface area contributed by atoms with Gasteiger partial charge < -0.3 is 9.80 Å². The first-order valence-electron chi connectivity index (χ1n) is 8.87. The van der Waals surface area contributed by atoms with E-state index in [1.165, 1.54) is 22.6 Å². The van der Waals surface area contributed by atoms with Crippen LogP contribution >= 0.6 is 11.3 Å². The van der Waals surface area contributed by atoms with Gasteiger partial charge in [-0.3, -0.25) is 14.9 Å². The zero-order valence-corrected chi connectivity index (χ0v) is 15.9. The van der Waals surface area contributed by atoms with E-state index in [2.05, 4.69) is 24.8 Å². The summed E-state index contributed by atoms with van der Waals surface area (Å²) in [4.78, 5) is 29.3. The van der Waals surface area contributed by atoms with Gasteiger partial charge in [-0.1, -0.05) is 13.3 Å². The van der Waals surface area contributed by atoms with E-state index in [4.69, 9.17) is 0 Å². The Morgan fingerprint density at radius 3 is 2.42 bits per heavy atom. The van der Waals surface area contributed by atoms with Crippen LogP contribution < -0.4 is 4.90 Å². The van der Waals surface area contributed by atoms with E-state index in [0.29, 0.717) is 13.1 Å². The number of hydrogen-bond acceptors (Lipinski definition) is 5. The van der Waals surface area contributed by atoms with E-state index in [1.54, 1.807) is 23.5 Å². The third kappa shape index (κ3) is 3.88. The molecule has 0 radical (unpaired) electrons. The lowest BCUT2D eigenvalue weighted by Gasteiger charge is -2.35. The van der Waals surface area contributed by atoms with Crippen molar-refractivity contribution in [1.82, 2.24) is 4.90 Å². The minimum Gasteiger partial charge on any atom is -0.368 e. The quantitative estimate of drug-likeness (QED) is 0.589. The SMILES string of the molecule is CCCc1cc(C(=O)N2CCN(c3ccc([N+](=O)[O-])cc3)CC2)sc1C. The summed E-state index contributed by atoms with van der Waals surface area (Å²) >= 11 is 1.59. The number of carbonyl (C=O) groups is 1. The Balaban J connectivity index is 1.61. The number of nitrogens with zero attached hydrogens (tertiary/aromatic N) is 3. The van der Waals surface area contributed by atoms with Gasteiger partial charge in [-0.05, 0) is 37.1 Å². The molecule has 1 aliphatic heterocycles. The van der Waals surface area contributed by atoms with Crippen molar-refractivity contribution in [2.24, 2.45) is 0 Å². The zero-order valence-electron chi connectivity index (χ0n) is 15.1. The first kappa shape index (κ1) is 18.4. The molecular weight excluding hydrogens is 350 g/mol. The highest BCUT2D eigenvalue weighted by Gasteiger charge is 2.24. The monoisotopic (exact) mass is 373 g/mol. The Bertz CT molecular complexity index is 793. The summed E-state index contributed by atoms with van der Waals surface area (Å²) in [5.41, 5.74) is 2.34. The summed E-state index contributed by atoms with van der Waals surface area (Å²) < 4.78 is 0. The van der Waals surface area contributed by atoms with E-state index in [0.717, 1.165) is 36.5 Å². The van der Waals surface area contributed by atoms with Crippen molar-refractivity contribution in [3.63, 3.8) is 0 Å². The lowest BCUT2D eigenvalue weighted by Crippen LogP contribution is -2.48. The van der Waals surface area contributed by atoms with Crippen LogP contribution in [0.5, 0.6) is 0 Å². The topological polar surface area (TPSA) is 66.7 Å². The Hall–Kier alpha value is -2.41. The number of rotatable bonds is 5. The minimum absolute atomic E-state index is 0.0958. The number of nitro benzene ring substituents is 1. The molecule has 1 amide bonds. The largest absolute Gasteiger partial charge is 0.368 e. The number of aryl methyl sites for hydroxylation is 2. The molecule has 1 aromatic heterocycles. The van der Waals surface area contributed by atoms with E-state index in [9.17, 15) is 14.9 Å². The van der Waals surface area contributed by atoms with Gasteiger partial charge in [-0.15, -0.1) is 11.3 Å². The summed E-state index contributed by atoms with van der Waals surface area (Å²) in [6.07, 6.45) is 2.10. The van der Waals surface area contributed by atoms with Crippen LogP contribution in [-0.2, 0) is 6.42 Å². The number of non-ortho nitro benzene ring substituents is 1. The molecule has 7 heteroatoms. The summed E-state index contributed by atoms with van der Waals surface area (Å²) in [5.74, 6) is 0.115. The molecule has 2 heterocycles. The Labute approximate surface area is 157 Å². The molecule has 0 atom stereocenters. The number of benzene rings is 1. The highest BCUT2D eigenvalue weighted by Crippen LogP contribution is 2.25. The summed E-state index contributed by atoms with van der Waals surface area (Å²) in [6, 6.07) is 8.65. The molecule has 0 aliphatic carbocycles. The standard InChI is InChI=1S/C19H23N3O3S/c1-3-4-15-13-18(26-14(15)2)19(23)21-11-9-20(10-12-21)16-5-7-17(8-6-16)22(24)25/h5-8,13H,3-4,9-12H2,1-2H3. The van der Waals surface area contributed by atoms with Gasteiger partial charge in [-0.25, -0.2) is 0 Å². The van der Waals surface area contributed by atoms with E-state index in [-0.39, 0.29) is 11.6 Å². The maximum atomic E-state index is 12.8. The van der Waals surface area contributed by atoms with E-state index >= 15 is 0 Å². The maximum absolute atomic E-state index is 12.8. The van der Waals surface area contributed by atoms with Crippen molar-refractivity contribution in [3.8, 4) is 0 Å².